The first kappa shape index (κ1) is 9.00. The summed E-state index contributed by atoms with van der Waals surface area (Å²) in [6.07, 6.45) is -0.332. The molecule has 0 saturated heterocycles. The molecule has 54 valence electrons. The van der Waals surface area contributed by atoms with Gasteiger partial charge in [0.05, 0.1) is 0 Å². The van der Waals surface area contributed by atoms with E-state index in [1.165, 1.54) is 0 Å². The van der Waals surface area contributed by atoms with Crippen molar-refractivity contribution < 1.29 is 9.90 Å². The average molecular weight is 242 g/mol. The van der Waals surface area contributed by atoms with Gasteiger partial charge in [-0.05, 0) is 6.42 Å². The van der Waals surface area contributed by atoms with Gasteiger partial charge in [-0.3, -0.25) is 0 Å². The monoisotopic (exact) mass is 242 g/mol. The number of carboxylic acid groups (broad SMARTS) is 1. The SMILES string of the molecule is CC(I)CCNC(=O)[O-]. The lowest BCUT2D eigenvalue weighted by molar-refractivity contribution is -0.250. The first-order valence-electron chi connectivity index (χ1n) is 2.72. The quantitative estimate of drug-likeness (QED) is 0.565. The third-order valence-electron chi connectivity index (χ3n) is 0.811. The Hall–Kier alpha value is 0. The van der Waals surface area contributed by atoms with Crippen molar-refractivity contribution in [1.29, 1.82) is 0 Å². The molecular formula is C5H9INO2-. The van der Waals surface area contributed by atoms with Crippen molar-refractivity contribution >= 4 is 28.7 Å². The van der Waals surface area contributed by atoms with Gasteiger partial charge in [-0.2, -0.15) is 0 Å². The van der Waals surface area contributed by atoms with Crippen LogP contribution in [0.2, 0.25) is 0 Å². The van der Waals surface area contributed by atoms with Crippen LogP contribution in [0.15, 0.2) is 0 Å². The number of hydrogen-bond donors (Lipinski definition) is 1. The van der Waals surface area contributed by atoms with Gasteiger partial charge < -0.3 is 15.2 Å². The summed E-state index contributed by atoms with van der Waals surface area (Å²) in [5.41, 5.74) is 0. The molecule has 0 heterocycles. The Labute approximate surface area is 68.0 Å². The molecule has 1 atom stereocenters. The largest absolute Gasteiger partial charge is 0.530 e. The number of nitrogens with one attached hydrogen (secondary N) is 1. The molecule has 0 aromatic carbocycles. The molecule has 1 amide bonds. The number of alkyl halides is 1. The second kappa shape index (κ2) is 4.84. The minimum Gasteiger partial charge on any atom is -0.530 e. The Morgan fingerprint density at radius 2 is 2.44 bits per heavy atom. The summed E-state index contributed by atoms with van der Waals surface area (Å²) in [4.78, 5) is 9.76. The molecule has 0 aliphatic rings. The zero-order chi connectivity index (χ0) is 7.28. The summed E-state index contributed by atoms with van der Waals surface area (Å²) in [5, 5.41) is 11.9. The fraction of sp³-hybridized carbons (Fsp3) is 0.800. The second-order valence-corrected chi connectivity index (χ2v) is 3.91. The van der Waals surface area contributed by atoms with E-state index in [0.717, 1.165) is 6.42 Å². The minimum absolute atomic E-state index is 0.492. The Morgan fingerprint density at radius 1 is 1.89 bits per heavy atom. The van der Waals surface area contributed by atoms with Crippen molar-refractivity contribution in [2.75, 3.05) is 6.54 Å². The molecule has 0 aliphatic heterocycles. The number of halogens is 1. The zero-order valence-electron chi connectivity index (χ0n) is 5.19. The maximum Gasteiger partial charge on any atom is 0.134 e. The first-order chi connectivity index (χ1) is 4.13. The number of amides is 1. The van der Waals surface area contributed by atoms with Crippen LogP contribution in [0.4, 0.5) is 4.79 Å². The van der Waals surface area contributed by atoms with E-state index in [-0.39, 0.29) is 0 Å². The van der Waals surface area contributed by atoms with E-state index in [1.54, 1.807) is 0 Å². The van der Waals surface area contributed by atoms with Gasteiger partial charge in [-0.15, -0.1) is 0 Å². The van der Waals surface area contributed by atoms with Crippen molar-refractivity contribution in [2.45, 2.75) is 17.3 Å². The van der Waals surface area contributed by atoms with Crippen LogP contribution >= 0.6 is 22.6 Å². The zero-order valence-corrected chi connectivity index (χ0v) is 7.34. The third kappa shape index (κ3) is 8.00. The lowest BCUT2D eigenvalue weighted by atomic mass is 10.3. The predicted octanol–water partition coefficient (Wildman–Crippen LogP) is 0.133. The van der Waals surface area contributed by atoms with E-state index < -0.39 is 6.09 Å². The molecular weight excluding hydrogens is 233 g/mol. The van der Waals surface area contributed by atoms with Crippen LogP contribution < -0.4 is 10.4 Å². The molecule has 0 aliphatic carbocycles. The normalized spacial score (nSPS) is 12.7. The molecule has 4 heteroatoms. The maximum absolute atomic E-state index is 9.76. The van der Waals surface area contributed by atoms with E-state index in [0.29, 0.717) is 10.5 Å². The topological polar surface area (TPSA) is 52.2 Å². The number of rotatable bonds is 3. The van der Waals surface area contributed by atoms with E-state index in [1.807, 2.05) is 6.92 Å². The van der Waals surface area contributed by atoms with Gasteiger partial charge in [0.1, 0.15) is 6.09 Å². The fourth-order valence-electron chi connectivity index (χ4n) is 0.373. The summed E-state index contributed by atoms with van der Waals surface area (Å²) < 4.78 is 0.509. The third-order valence-corrected chi connectivity index (χ3v) is 1.43. The van der Waals surface area contributed by atoms with E-state index in [4.69, 9.17) is 0 Å². The van der Waals surface area contributed by atoms with Gasteiger partial charge in [0.15, 0.2) is 0 Å². The molecule has 0 aromatic heterocycles. The first-order valence-corrected chi connectivity index (χ1v) is 3.96. The minimum atomic E-state index is -1.19. The average Bonchev–Trinajstić information content (AvgIpc) is 1.63. The smallest absolute Gasteiger partial charge is 0.134 e. The summed E-state index contributed by atoms with van der Waals surface area (Å²) in [5.74, 6) is 0. The van der Waals surface area contributed by atoms with Crippen LogP contribution in [-0.2, 0) is 0 Å². The molecule has 0 radical (unpaired) electrons. The van der Waals surface area contributed by atoms with Gasteiger partial charge >= 0.3 is 0 Å². The van der Waals surface area contributed by atoms with Crippen LogP contribution in [0.25, 0.3) is 0 Å². The van der Waals surface area contributed by atoms with E-state index in [2.05, 4.69) is 27.9 Å². The molecule has 1 unspecified atom stereocenters. The van der Waals surface area contributed by atoms with Crippen LogP contribution in [0.3, 0.4) is 0 Å². The van der Waals surface area contributed by atoms with Crippen LogP contribution in [0, 0.1) is 0 Å². The highest BCUT2D eigenvalue weighted by Crippen LogP contribution is 2.01. The number of carbonyl (C=O) groups is 1. The number of hydrogen-bond acceptors (Lipinski definition) is 2. The van der Waals surface area contributed by atoms with Gasteiger partial charge in [0.2, 0.25) is 0 Å². The molecule has 0 aromatic rings. The molecule has 1 N–H and O–H groups in total. The molecule has 9 heavy (non-hydrogen) atoms. The second-order valence-electron chi connectivity index (χ2n) is 1.78. The highest BCUT2D eigenvalue weighted by molar-refractivity contribution is 14.1. The molecule has 0 saturated carbocycles. The molecule has 0 fully saturated rings. The van der Waals surface area contributed by atoms with Crippen molar-refractivity contribution in [2.24, 2.45) is 0 Å². The Bertz CT molecular complexity index is 95.0. The van der Waals surface area contributed by atoms with Crippen LogP contribution in [0.5, 0.6) is 0 Å². The standard InChI is InChI=1S/C5H10INO2/c1-4(6)2-3-7-5(8)9/h4,7H,2-3H2,1H3,(H,8,9)/p-1. The van der Waals surface area contributed by atoms with E-state index in [9.17, 15) is 9.90 Å². The molecule has 0 bridgehead atoms. The van der Waals surface area contributed by atoms with Crippen molar-refractivity contribution in [3.8, 4) is 0 Å². The maximum atomic E-state index is 9.76. The van der Waals surface area contributed by atoms with Crippen LogP contribution in [0.1, 0.15) is 13.3 Å². The Balaban J connectivity index is 3.01. The lowest BCUT2D eigenvalue weighted by Gasteiger charge is -2.06. The van der Waals surface area contributed by atoms with Gasteiger partial charge in [-0.1, -0.05) is 29.5 Å². The van der Waals surface area contributed by atoms with Gasteiger partial charge in [-0.25, -0.2) is 0 Å². The van der Waals surface area contributed by atoms with Crippen molar-refractivity contribution in [3.05, 3.63) is 0 Å². The van der Waals surface area contributed by atoms with Crippen molar-refractivity contribution in [3.63, 3.8) is 0 Å². The highest BCUT2D eigenvalue weighted by Gasteiger charge is 1.92. The predicted molar refractivity (Wildman–Crippen MR) is 41.5 cm³/mol. The van der Waals surface area contributed by atoms with E-state index >= 15 is 0 Å². The Morgan fingerprint density at radius 3 is 2.78 bits per heavy atom. The molecule has 3 nitrogen and oxygen atoms in total. The van der Waals surface area contributed by atoms with Gasteiger partial charge in [0.25, 0.3) is 0 Å². The highest BCUT2D eigenvalue weighted by atomic mass is 127. The fourth-order valence-corrected chi connectivity index (χ4v) is 0.685. The summed E-state index contributed by atoms with van der Waals surface area (Å²) in [6, 6.07) is 0. The van der Waals surface area contributed by atoms with Gasteiger partial charge in [0, 0.05) is 10.5 Å². The molecule has 0 spiro atoms. The summed E-state index contributed by atoms with van der Waals surface area (Å²) >= 11 is 2.24. The lowest BCUT2D eigenvalue weighted by Crippen LogP contribution is -2.37. The summed E-state index contributed by atoms with van der Waals surface area (Å²) in [6.45, 7) is 2.52. The van der Waals surface area contributed by atoms with Crippen LogP contribution in [-0.4, -0.2) is 16.6 Å². The molecule has 0 rings (SSSR count). The number of carbonyl (C=O) groups excluding carboxylic acids is 1. The summed E-state index contributed by atoms with van der Waals surface area (Å²) in [7, 11) is 0. The van der Waals surface area contributed by atoms with Crippen molar-refractivity contribution in [1.82, 2.24) is 5.32 Å². The Kier molecular flexibility index (Phi) is 4.84.